The van der Waals surface area contributed by atoms with Crippen LogP contribution in [0.15, 0.2) is 12.1 Å². The van der Waals surface area contributed by atoms with E-state index in [9.17, 15) is 14.7 Å². The summed E-state index contributed by atoms with van der Waals surface area (Å²) in [5.74, 6) is 0.381. The third-order valence-corrected chi connectivity index (χ3v) is 4.21. The molecule has 0 aliphatic heterocycles. The highest BCUT2D eigenvalue weighted by molar-refractivity contribution is 5.94. The van der Waals surface area contributed by atoms with Crippen molar-refractivity contribution in [2.45, 2.75) is 52.4 Å². The lowest BCUT2D eigenvalue weighted by Crippen LogP contribution is -2.13. The Balaban J connectivity index is 3.10. The average molecular weight is 336 g/mol. The standard InChI is InChI=1S/C19H28O5/c1-5-7-13(8-9-15(20)6-2)10-14-11-16(21)12-17(23-3)18(14)19(22)24-4/h11-13,21H,5-10H2,1-4H3. The number of rotatable bonds is 10. The van der Waals surface area contributed by atoms with Crippen LogP contribution in [0.25, 0.3) is 0 Å². The number of Topliss-reactive ketones (excluding diaryl/α,β-unsaturated/α-hetero) is 1. The van der Waals surface area contributed by atoms with Crippen molar-refractivity contribution in [2.75, 3.05) is 14.2 Å². The van der Waals surface area contributed by atoms with Gasteiger partial charge in [-0.1, -0.05) is 26.7 Å². The van der Waals surface area contributed by atoms with Gasteiger partial charge in [0.05, 0.1) is 14.2 Å². The topological polar surface area (TPSA) is 72.8 Å². The monoisotopic (exact) mass is 336 g/mol. The zero-order valence-corrected chi connectivity index (χ0v) is 15.1. The normalized spacial score (nSPS) is 11.8. The highest BCUT2D eigenvalue weighted by Gasteiger charge is 2.22. The van der Waals surface area contributed by atoms with Crippen LogP contribution in [-0.4, -0.2) is 31.1 Å². The summed E-state index contributed by atoms with van der Waals surface area (Å²) in [6.07, 6.45) is 4.42. The van der Waals surface area contributed by atoms with Crippen LogP contribution in [0.2, 0.25) is 0 Å². The first-order valence-electron chi connectivity index (χ1n) is 8.46. The average Bonchev–Trinajstić information content (AvgIpc) is 2.58. The van der Waals surface area contributed by atoms with Crippen LogP contribution in [0.1, 0.15) is 61.9 Å². The van der Waals surface area contributed by atoms with E-state index in [0.29, 0.717) is 36.1 Å². The maximum atomic E-state index is 12.1. The summed E-state index contributed by atoms with van der Waals surface area (Å²) in [7, 11) is 2.77. The summed E-state index contributed by atoms with van der Waals surface area (Å²) in [4.78, 5) is 23.8. The van der Waals surface area contributed by atoms with Crippen LogP contribution in [0.4, 0.5) is 0 Å². The van der Waals surface area contributed by atoms with Gasteiger partial charge in [-0.15, -0.1) is 0 Å². The minimum Gasteiger partial charge on any atom is -0.508 e. The fourth-order valence-corrected chi connectivity index (χ4v) is 2.92. The van der Waals surface area contributed by atoms with E-state index in [1.807, 2.05) is 6.92 Å². The Morgan fingerprint density at radius 1 is 1.17 bits per heavy atom. The summed E-state index contributed by atoms with van der Waals surface area (Å²) >= 11 is 0. The van der Waals surface area contributed by atoms with E-state index in [0.717, 1.165) is 19.3 Å². The second-order valence-corrected chi connectivity index (χ2v) is 5.96. The Labute approximate surface area is 144 Å². The molecule has 1 aromatic rings. The van der Waals surface area contributed by atoms with E-state index in [-0.39, 0.29) is 17.5 Å². The number of ether oxygens (including phenoxy) is 2. The molecule has 1 N–H and O–H groups in total. The fraction of sp³-hybridized carbons (Fsp3) is 0.579. The Bertz CT molecular complexity index is 565. The van der Waals surface area contributed by atoms with Crippen molar-refractivity contribution in [1.29, 1.82) is 0 Å². The zero-order valence-electron chi connectivity index (χ0n) is 15.1. The molecule has 0 bridgehead atoms. The van der Waals surface area contributed by atoms with Gasteiger partial charge in [-0.25, -0.2) is 4.79 Å². The molecule has 5 nitrogen and oxygen atoms in total. The van der Waals surface area contributed by atoms with Gasteiger partial charge < -0.3 is 14.6 Å². The number of hydrogen-bond donors (Lipinski definition) is 1. The van der Waals surface area contributed by atoms with Gasteiger partial charge in [-0.3, -0.25) is 4.79 Å². The predicted octanol–water partition coefficient (Wildman–Crippen LogP) is 3.91. The van der Waals surface area contributed by atoms with Crippen LogP contribution >= 0.6 is 0 Å². The lowest BCUT2D eigenvalue weighted by Gasteiger charge is -2.19. The molecule has 0 aromatic heterocycles. The number of benzene rings is 1. The number of carbonyl (C=O) groups is 2. The third kappa shape index (κ3) is 5.55. The van der Waals surface area contributed by atoms with Crippen LogP contribution < -0.4 is 4.74 Å². The number of aromatic hydroxyl groups is 1. The largest absolute Gasteiger partial charge is 0.508 e. The third-order valence-electron chi connectivity index (χ3n) is 4.21. The number of hydrogen-bond acceptors (Lipinski definition) is 5. The number of phenols is 1. The van der Waals surface area contributed by atoms with Crippen molar-refractivity contribution in [1.82, 2.24) is 0 Å². The molecule has 0 heterocycles. The summed E-state index contributed by atoms with van der Waals surface area (Å²) in [5.41, 5.74) is 1.04. The smallest absolute Gasteiger partial charge is 0.341 e. The van der Waals surface area contributed by atoms with Crippen molar-refractivity contribution < 1.29 is 24.2 Å². The first-order valence-corrected chi connectivity index (χ1v) is 8.46. The minimum atomic E-state index is -0.485. The molecule has 0 amide bonds. The van der Waals surface area contributed by atoms with E-state index in [1.165, 1.54) is 20.3 Å². The van der Waals surface area contributed by atoms with E-state index in [1.54, 1.807) is 6.07 Å². The number of carbonyl (C=O) groups excluding carboxylic acids is 2. The quantitative estimate of drug-likeness (QED) is 0.656. The molecule has 1 aromatic carbocycles. The molecule has 0 saturated carbocycles. The summed E-state index contributed by atoms with van der Waals surface area (Å²) in [5, 5.41) is 9.92. The van der Waals surface area contributed by atoms with Crippen LogP contribution in [-0.2, 0) is 16.0 Å². The minimum absolute atomic E-state index is 0.0504. The van der Waals surface area contributed by atoms with Crippen LogP contribution in [0.3, 0.4) is 0 Å². The summed E-state index contributed by atoms with van der Waals surface area (Å²) in [6.45, 7) is 3.96. The fourth-order valence-electron chi connectivity index (χ4n) is 2.92. The zero-order chi connectivity index (χ0) is 18.1. The molecule has 1 atom stereocenters. The lowest BCUT2D eigenvalue weighted by molar-refractivity contribution is -0.119. The maximum absolute atomic E-state index is 12.1. The molecular weight excluding hydrogens is 308 g/mol. The Kier molecular flexibility index (Phi) is 8.30. The highest BCUT2D eigenvalue weighted by Crippen LogP contribution is 2.32. The van der Waals surface area contributed by atoms with E-state index < -0.39 is 5.97 Å². The molecule has 24 heavy (non-hydrogen) atoms. The molecule has 0 aliphatic carbocycles. The van der Waals surface area contributed by atoms with Crippen molar-refractivity contribution in [3.63, 3.8) is 0 Å². The molecule has 1 unspecified atom stereocenters. The molecule has 134 valence electrons. The SMILES string of the molecule is CCCC(CCC(=O)CC)Cc1cc(O)cc(OC)c1C(=O)OC. The van der Waals surface area contributed by atoms with Gasteiger partial charge in [0, 0.05) is 18.9 Å². The molecule has 0 spiro atoms. The second-order valence-electron chi connectivity index (χ2n) is 5.96. The predicted molar refractivity (Wildman–Crippen MR) is 92.6 cm³/mol. The number of ketones is 1. The van der Waals surface area contributed by atoms with E-state index in [4.69, 9.17) is 9.47 Å². The summed E-state index contributed by atoms with van der Waals surface area (Å²) < 4.78 is 10.1. The van der Waals surface area contributed by atoms with Gasteiger partial charge in [0.15, 0.2) is 0 Å². The van der Waals surface area contributed by atoms with Gasteiger partial charge in [-0.05, 0) is 30.4 Å². The molecule has 0 aliphatic rings. The highest BCUT2D eigenvalue weighted by atomic mass is 16.5. The number of methoxy groups -OCH3 is 2. The molecular formula is C19H28O5. The molecule has 0 fully saturated rings. The van der Waals surface area contributed by atoms with Crippen LogP contribution in [0.5, 0.6) is 11.5 Å². The Hall–Kier alpha value is -2.04. The van der Waals surface area contributed by atoms with Gasteiger partial charge in [0.2, 0.25) is 0 Å². The Morgan fingerprint density at radius 3 is 2.42 bits per heavy atom. The molecule has 1 rings (SSSR count). The van der Waals surface area contributed by atoms with Gasteiger partial charge in [0.1, 0.15) is 22.8 Å². The van der Waals surface area contributed by atoms with E-state index in [2.05, 4.69) is 6.92 Å². The first-order chi connectivity index (χ1) is 11.5. The lowest BCUT2D eigenvalue weighted by atomic mass is 9.87. The molecule has 0 radical (unpaired) electrons. The van der Waals surface area contributed by atoms with Gasteiger partial charge in [0.25, 0.3) is 0 Å². The van der Waals surface area contributed by atoms with E-state index >= 15 is 0 Å². The number of phenolic OH excluding ortho intramolecular Hbond substituents is 1. The van der Waals surface area contributed by atoms with Crippen molar-refractivity contribution in [2.24, 2.45) is 5.92 Å². The van der Waals surface area contributed by atoms with Crippen molar-refractivity contribution in [3.05, 3.63) is 23.3 Å². The first kappa shape index (κ1) is 20.0. The van der Waals surface area contributed by atoms with Crippen molar-refractivity contribution in [3.8, 4) is 11.5 Å². The number of esters is 1. The second kappa shape index (κ2) is 9.96. The van der Waals surface area contributed by atoms with Gasteiger partial charge >= 0.3 is 5.97 Å². The molecule has 5 heteroatoms. The summed E-state index contributed by atoms with van der Waals surface area (Å²) in [6, 6.07) is 2.99. The Morgan fingerprint density at radius 2 is 1.88 bits per heavy atom. The van der Waals surface area contributed by atoms with Gasteiger partial charge in [-0.2, -0.15) is 0 Å². The maximum Gasteiger partial charge on any atom is 0.341 e. The van der Waals surface area contributed by atoms with Crippen molar-refractivity contribution >= 4 is 11.8 Å². The molecule has 0 saturated heterocycles. The van der Waals surface area contributed by atoms with Crippen LogP contribution in [0, 0.1) is 5.92 Å².